The number of aliphatic hydroxyl groups is 1. The van der Waals surface area contributed by atoms with Gasteiger partial charge >= 0.3 is 12.1 Å². The van der Waals surface area contributed by atoms with Crippen LogP contribution in [0.4, 0.5) is 13.2 Å². The van der Waals surface area contributed by atoms with Crippen molar-refractivity contribution in [1.82, 2.24) is 0 Å². The third kappa shape index (κ3) is 4.17. The molecule has 0 amide bonds. The largest absolute Gasteiger partial charge is 0.478 e. The van der Waals surface area contributed by atoms with E-state index in [1.807, 2.05) is 0 Å². The molecular formula is C16H18F3NO4. The lowest BCUT2D eigenvalue weighted by molar-refractivity contribution is -0.132. The van der Waals surface area contributed by atoms with Crippen molar-refractivity contribution in [3.8, 4) is 11.8 Å². The summed E-state index contributed by atoms with van der Waals surface area (Å²) in [5.74, 6) is 2.21. The first-order chi connectivity index (χ1) is 10.8. The summed E-state index contributed by atoms with van der Waals surface area (Å²) in [6.07, 6.45) is -3.26. The van der Waals surface area contributed by atoms with Gasteiger partial charge in [0.05, 0.1) is 5.71 Å². The topological polar surface area (TPSA) is 79.1 Å². The summed E-state index contributed by atoms with van der Waals surface area (Å²) >= 11 is 0. The van der Waals surface area contributed by atoms with E-state index in [-0.39, 0.29) is 12.5 Å². The van der Waals surface area contributed by atoms with Crippen LogP contribution in [0.5, 0.6) is 0 Å². The maximum atomic E-state index is 12.8. The number of carbonyl (C=O) groups is 1. The molecule has 1 atom stereocenters. The Bertz CT molecular complexity index is 678. The number of hydrogen-bond donors (Lipinski definition) is 2. The number of nitrogens with zero attached hydrogens (tertiary/aromatic N) is 1. The van der Waals surface area contributed by atoms with E-state index in [2.05, 4.69) is 15.9 Å². The number of hydrogen-bond acceptors (Lipinski definition) is 4. The van der Waals surface area contributed by atoms with Crippen LogP contribution in [0.15, 0.2) is 28.5 Å². The molecule has 8 heteroatoms. The van der Waals surface area contributed by atoms with Gasteiger partial charge in [0.15, 0.2) is 5.60 Å². The smallest absolute Gasteiger partial charge is 0.424 e. The molecule has 0 aliphatic heterocycles. The summed E-state index contributed by atoms with van der Waals surface area (Å²) in [4.78, 5) is 15.2. The highest BCUT2D eigenvalue weighted by Crippen LogP contribution is 2.43. The second-order valence-corrected chi connectivity index (χ2v) is 6.01. The minimum absolute atomic E-state index is 0.0248. The molecule has 132 valence electrons. The van der Waals surface area contributed by atoms with E-state index >= 15 is 0 Å². The molecule has 0 saturated heterocycles. The van der Waals surface area contributed by atoms with Crippen molar-refractivity contribution >= 4 is 11.7 Å². The van der Waals surface area contributed by atoms with E-state index in [1.54, 1.807) is 19.8 Å². The Morgan fingerprint density at radius 1 is 1.46 bits per heavy atom. The Labute approximate surface area is 137 Å². The molecule has 24 heavy (non-hydrogen) atoms. The quantitative estimate of drug-likeness (QED) is 0.458. The highest BCUT2D eigenvalue weighted by atomic mass is 19.4. The fourth-order valence-corrected chi connectivity index (χ4v) is 2.43. The Morgan fingerprint density at radius 2 is 2.04 bits per heavy atom. The molecule has 1 rings (SSSR count). The Morgan fingerprint density at radius 3 is 2.46 bits per heavy atom. The average Bonchev–Trinajstić information content (AvgIpc) is 2.39. The number of aliphatic carboxylic acids is 1. The molecule has 0 aromatic rings. The molecule has 2 N–H and O–H groups in total. The first-order valence-electron chi connectivity index (χ1n) is 6.89. The zero-order valence-corrected chi connectivity index (χ0v) is 13.7. The number of oxime groups is 1. The van der Waals surface area contributed by atoms with Gasteiger partial charge in [-0.2, -0.15) is 13.2 Å². The molecule has 0 fully saturated rings. The van der Waals surface area contributed by atoms with Crippen molar-refractivity contribution in [1.29, 1.82) is 0 Å². The third-order valence-corrected chi connectivity index (χ3v) is 3.72. The van der Waals surface area contributed by atoms with E-state index in [0.717, 1.165) is 0 Å². The number of alkyl halides is 3. The van der Waals surface area contributed by atoms with Gasteiger partial charge in [-0.3, -0.25) is 0 Å². The fraction of sp³-hybridized carbons (Fsp3) is 0.500. The normalized spacial score (nSPS) is 25.6. The van der Waals surface area contributed by atoms with Crippen molar-refractivity contribution < 1.29 is 33.0 Å². The van der Waals surface area contributed by atoms with Crippen molar-refractivity contribution in [2.45, 2.75) is 39.0 Å². The van der Waals surface area contributed by atoms with Gasteiger partial charge in [-0.05, 0) is 18.6 Å². The second kappa shape index (κ2) is 6.69. The van der Waals surface area contributed by atoms with E-state index in [0.29, 0.717) is 11.3 Å². The second-order valence-electron chi connectivity index (χ2n) is 6.01. The summed E-state index contributed by atoms with van der Waals surface area (Å²) in [5.41, 5.74) is -3.57. The SMILES string of the molecule is CON=C1C=C(C)C(O)(C#C/C(=C/C(=O)O)C(F)(F)F)C(C)(C)C1. The van der Waals surface area contributed by atoms with E-state index in [9.17, 15) is 23.1 Å². The van der Waals surface area contributed by atoms with Crippen LogP contribution >= 0.6 is 0 Å². The predicted octanol–water partition coefficient (Wildman–Crippen LogP) is 2.67. The van der Waals surface area contributed by atoms with Gasteiger partial charge in [0, 0.05) is 17.9 Å². The summed E-state index contributed by atoms with van der Waals surface area (Å²) < 4.78 is 38.5. The van der Waals surface area contributed by atoms with Crippen LogP contribution in [-0.2, 0) is 9.63 Å². The molecule has 0 saturated carbocycles. The maximum Gasteiger partial charge on any atom is 0.424 e. The molecule has 0 spiro atoms. The minimum atomic E-state index is -4.93. The molecule has 1 aliphatic carbocycles. The van der Waals surface area contributed by atoms with Crippen LogP contribution in [-0.4, -0.2) is 40.8 Å². The predicted molar refractivity (Wildman–Crippen MR) is 81.1 cm³/mol. The monoisotopic (exact) mass is 345 g/mol. The van der Waals surface area contributed by atoms with Gasteiger partial charge in [0.2, 0.25) is 0 Å². The van der Waals surface area contributed by atoms with Crippen LogP contribution in [0.3, 0.4) is 0 Å². The molecule has 0 heterocycles. The van der Waals surface area contributed by atoms with Crippen LogP contribution in [0, 0.1) is 17.3 Å². The lowest BCUT2D eigenvalue weighted by Gasteiger charge is -2.42. The minimum Gasteiger partial charge on any atom is -0.478 e. The zero-order valence-electron chi connectivity index (χ0n) is 13.7. The van der Waals surface area contributed by atoms with Gasteiger partial charge in [-0.25, -0.2) is 4.79 Å². The highest BCUT2D eigenvalue weighted by Gasteiger charge is 2.47. The van der Waals surface area contributed by atoms with Crippen molar-refractivity contribution in [3.05, 3.63) is 23.3 Å². The number of carboxylic acids is 1. The standard InChI is InChI=1S/C16H18F3NO4/c1-10-7-12(20-24-4)9-14(2,3)15(10,23)6-5-11(8-13(21)22)16(17,18)19/h7-8,23H,9H2,1-4H3,(H,21,22)/b11-8-,20-12?. The molecule has 0 radical (unpaired) electrons. The molecule has 5 nitrogen and oxygen atoms in total. The van der Waals surface area contributed by atoms with Gasteiger partial charge < -0.3 is 15.1 Å². The number of rotatable bonds is 2. The third-order valence-electron chi connectivity index (χ3n) is 3.72. The van der Waals surface area contributed by atoms with Crippen molar-refractivity contribution in [2.24, 2.45) is 10.6 Å². The van der Waals surface area contributed by atoms with Gasteiger partial charge in [0.25, 0.3) is 0 Å². The first-order valence-corrected chi connectivity index (χ1v) is 6.89. The van der Waals surface area contributed by atoms with Crippen LogP contribution < -0.4 is 0 Å². The van der Waals surface area contributed by atoms with Crippen LogP contribution in [0.2, 0.25) is 0 Å². The van der Waals surface area contributed by atoms with E-state index < -0.39 is 28.7 Å². The Hall–Kier alpha value is -2.27. The van der Waals surface area contributed by atoms with Crippen LogP contribution in [0.1, 0.15) is 27.2 Å². The van der Waals surface area contributed by atoms with Crippen LogP contribution in [0.25, 0.3) is 0 Å². The lowest BCUT2D eigenvalue weighted by atomic mass is 9.65. The van der Waals surface area contributed by atoms with Gasteiger partial charge in [-0.1, -0.05) is 30.8 Å². The van der Waals surface area contributed by atoms with E-state index in [1.165, 1.54) is 20.1 Å². The Kier molecular flexibility index (Phi) is 5.51. The molecule has 0 aromatic carbocycles. The average molecular weight is 345 g/mol. The lowest BCUT2D eigenvalue weighted by Crippen LogP contribution is -2.48. The van der Waals surface area contributed by atoms with Gasteiger partial charge in [-0.15, -0.1) is 0 Å². The van der Waals surface area contributed by atoms with Crippen molar-refractivity contribution in [2.75, 3.05) is 7.11 Å². The summed E-state index contributed by atoms with van der Waals surface area (Å²) in [7, 11) is 1.36. The summed E-state index contributed by atoms with van der Waals surface area (Å²) in [6, 6.07) is 0. The summed E-state index contributed by atoms with van der Waals surface area (Å²) in [5, 5.41) is 23.2. The molecule has 0 aromatic heterocycles. The summed E-state index contributed by atoms with van der Waals surface area (Å²) in [6.45, 7) is 4.75. The highest BCUT2D eigenvalue weighted by molar-refractivity contribution is 5.97. The molecular weight excluding hydrogens is 327 g/mol. The maximum absolute atomic E-state index is 12.8. The Balaban J connectivity index is 3.43. The molecule has 1 unspecified atom stereocenters. The molecule has 1 aliphatic rings. The number of halogens is 3. The zero-order chi connectivity index (χ0) is 18.8. The fourth-order valence-electron chi connectivity index (χ4n) is 2.43. The van der Waals surface area contributed by atoms with Crippen molar-refractivity contribution in [3.63, 3.8) is 0 Å². The first kappa shape index (κ1) is 19.8. The number of allylic oxidation sites excluding steroid dienone is 2. The molecule has 0 bridgehead atoms. The number of carboxylic acid groups (broad SMARTS) is 1. The van der Waals surface area contributed by atoms with E-state index in [4.69, 9.17) is 5.11 Å². The van der Waals surface area contributed by atoms with Gasteiger partial charge in [0.1, 0.15) is 12.7 Å².